The Morgan fingerprint density at radius 3 is 2.46 bits per heavy atom. The van der Waals surface area contributed by atoms with Gasteiger partial charge in [0.2, 0.25) is 5.91 Å². The van der Waals surface area contributed by atoms with Gasteiger partial charge in [0.25, 0.3) is 0 Å². The number of hydrogen-bond acceptors (Lipinski definition) is 4. The second-order valence-corrected chi connectivity index (χ2v) is 6.61. The van der Waals surface area contributed by atoms with Gasteiger partial charge < -0.3 is 20.3 Å². The number of benzene rings is 2. The normalized spacial score (nSPS) is 14.2. The molecule has 1 heterocycles. The Morgan fingerprint density at radius 1 is 1.04 bits per heavy atom. The lowest BCUT2D eigenvalue weighted by Crippen LogP contribution is -2.36. The monoisotopic (exact) mass is 353 g/mol. The van der Waals surface area contributed by atoms with Crippen molar-refractivity contribution in [3.05, 3.63) is 53.6 Å². The average Bonchev–Trinajstić information content (AvgIpc) is 2.65. The maximum Gasteiger partial charge on any atom is 0.226 e. The van der Waals surface area contributed by atoms with Crippen LogP contribution in [0.25, 0.3) is 0 Å². The quantitative estimate of drug-likeness (QED) is 0.833. The standard InChI is InChI=1S/C21H27N3O2/c1-16-6-5-7-17(2)21(16)22-11-10-20(25)23-18-8-3-4-9-19(18)24-12-14-26-15-13-24/h3-9,22H,10-15H2,1-2H3,(H,23,25). The van der Waals surface area contributed by atoms with Gasteiger partial charge in [0, 0.05) is 31.7 Å². The lowest BCUT2D eigenvalue weighted by molar-refractivity contribution is -0.115. The first-order chi connectivity index (χ1) is 12.6. The number of nitrogens with one attached hydrogen (secondary N) is 2. The van der Waals surface area contributed by atoms with Crippen molar-refractivity contribution in [2.75, 3.05) is 48.4 Å². The minimum Gasteiger partial charge on any atom is -0.384 e. The largest absolute Gasteiger partial charge is 0.384 e. The molecule has 0 unspecified atom stereocenters. The molecule has 0 aromatic heterocycles. The van der Waals surface area contributed by atoms with E-state index in [0.717, 1.165) is 43.4 Å². The summed E-state index contributed by atoms with van der Waals surface area (Å²) in [6, 6.07) is 14.2. The van der Waals surface area contributed by atoms with Gasteiger partial charge in [-0.05, 0) is 37.1 Å². The van der Waals surface area contributed by atoms with Crippen molar-refractivity contribution in [3.8, 4) is 0 Å². The number of rotatable bonds is 6. The molecule has 1 saturated heterocycles. The zero-order valence-corrected chi connectivity index (χ0v) is 15.5. The lowest BCUT2D eigenvalue weighted by Gasteiger charge is -2.30. The summed E-state index contributed by atoms with van der Waals surface area (Å²) < 4.78 is 5.42. The van der Waals surface area contributed by atoms with Gasteiger partial charge in [0.15, 0.2) is 0 Å². The third-order valence-electron chi connectivity index (χ3n) is 4.66. The second kappa shape index (κ2) is 8.72. The first-order valence-corrected chi connectivity index (χ1v) is 9.17. The SMILES string of the molecule is Cc1cccc(C)c1NCCC(=O)Nc1ccccc1N1CCOCC1. The van der Waals surface area contributed by atoms with Crippen LogP contribution < -0.4 is 15.5 Å². The molecule has 0 spiro atoms. The summed E-state index contributed by atoms with van der Waals surface area (Å²) >= 11 is 0. The first kappa shape index (κ1) is 18.3. The number of amides is 1. The van der Waals surface area contributed by atoms with Crippen LogP contribution in [0.2, 0.25) is 0 Å². The molecule has 3 rings (SSSR count). The minimum atomic E-state index is 0.0180. The third kappa shape index (κ3) is 4.55. The molecule has 0 radical (unpaired) electrons. The number of carbonyl (C=O) groups excluding carboxylic acids is 1. The fourth-order valence-electron chi connectivity index (χ4n) is 3.27. The average molecular weight is 353 g/mol. The highest BCUT2D eigenvalue weighted by Gasteiger charge is 2.15. The van der Waals surface area contributed by atoms with E-state index in [4.69, 9.17) is 4.74 Å². The zero-order valence-electron chi connectivity index (χ0n) is 15.5. The third-order valence-corrected chi connectivity index (χ3v) is 4.66. The number of morpholine rings is 1. The van der Waals surface area contributed by atoms with Gasteiger partial charge in [0.1, 0.15) is 0 Å². The van der Waals surface area contributed by atoms with E-state index in [1.54, 1.807) is 0 Å². The van der Waals surface area contributed by atoms with Crippen LogP contribution in [0.1, 0.15) is 17.5 Å². The van der Waals surface area contributed by atoms with E-state index >= 15 is 0 Å². The number of ether oxygens (including phenoxy) is 1. The van der Waals surface area contributed by atoms with Crippen LogP contribution in [0.3, 0.4) is 0 Å². The molecule has 0 bridgehead atoms. The van der Waals surface area contributed by atoms with Crippen LogP contribution in [0.4, 0.5) is 17.1 Å². The lowest BCUT2D eigenvalue weighted by atomic mass is 10.1. The first-order valence-electron chi connectivity index (χ1n) is 9.17. The molecule has 0 atom stereocenters. The van der Waals surface area contributed by atoms with Crippen molar-refractivity contribution in [3.63, 3.8) is 0 Å². The van der Waals surface area contributed by atoms with Crippen LogP contribution in [0, 0.1) is 13.8 Å². The number of hydrogen-bond donors (Lipinski definition) is 2. The molecule has 1 amide bonds. The van der Waals surface area contributed by atoms with Crippen LogP contribution in [0.15, 0.2) is 42.5 Å². The summed E-state index contributed by atoms with van der Waals surface area (Å²) in [5, 5.41) is 6.45. The molecule has 1 aliphatic heterocycles. The van der Waals surface area contributed by atoms with Gasteiger partial charge in [-0.15, -0.1) is 0 Å². The summed E-state index contributed by atoms with van der Waals surface area (Å²) in [5.74, 6) is 0.0180. The summed E-state index contributed by atoms with van der Waals surface area (Å²) in [7, 11) is 0. The maximum absolute atomic E-state index is 12.4. The van der Waals surface area contributed by atoms with Crippen molar-refractivity contribution in [1.29, 1.82) is 0 Å². The van der Waals surface area contributed by atoms with Gasteiger partial charge in [-0.3, -0.25) is 4.79 Å². The topological polar surface area (TPSA) is 53.6 Å². The smallest absolute Gasteiger partial charge is 0.226 e. The Labute approximate surface area is 155 Å². The summed E-state index contributed by atoms with van der Waals surface area (Å²) in [5.41, 5.74) is 5.44. The van der Waals surface area contributed by atoms with Gasteiger partial charge in [-0.25, -0.2) is 0 Å². The predicted octanol–water partition coefficient (Wildman–Crippen LogP) is 3.58. The molecule has 1 fully saturated rings. The summed E-state index contributed by atoms with van der Waals surface area (Å²) in [4.78, 5) is 14.7. The van der Waals surface area contributed by atoms with Gasteiger partial charge in [-0.2, -0.15) is 0 Å². The van der Waals surface area contributed by atoms with Gasteiger partial charge in [0.05, 0.1) is 24.6 Å². The Kier molecular flexibility index (Phi) is 6.12. The van der Waals surface area contributed by atoms with Crippen molar-refractivity contribution in [1.82, 2.24) is 0 Å². The number of carbonyl (C=O) groups is 1. The van der Waals surface area contributed by atoms with E-state index in [1.807, 2.05) is 24.3 Å². The molecular formula is C21H27N3O2. The Bertz CT molecular complexity index is 734. The number of nitrogens with zero attached hydrogens (tertiary/aromatic N) is 1. The highest BCUT2D eigenvalue weighted by Crippen LogP contribution is 2.26. The fraction of sp³-hybridized carbons (Fsp3) is 0.381. The Hall–Kier alpha value is -2.53. The van der Waals surface area contributed by atoms with Crippen LogP contribution in [-0.4, -0.2) is 38.8 Å². The second-order valence-electron chi connectivity index (χ2n) is 6.61. The fourth-order valence-corrected chi connectivity index (χ4v) is 3.27. The van der Waals surface area contributed by atoms with Crippen LogP contribution >= 0.6 is 0 Å². The highest BCUT2D eigenvalue weighted by atomic mass is 16.5. The van der Waals surface area contributed by atoms with E-state index in [0.29, 0.717) is 13.0 Å². The molecule has 26 heavy (non-hydrogen) atoms. The van der Waals surface area contributed by atoms with E-state index in [1.165, 1.54) is 11.1 Å². The molecule has 2 aromatic rings. The van der Waals surface area contributed by atoms with Crippen molar-refractivity contribution >= 4 is 23.0 Å². The molecule has 5 heteroatoms. The van der Waals surface area contributed by atoms with E-state index in [9.17, 15) is 4.79 Å². The van der Waals surface area contributed by atoms with Crippen molar-refractivity contribution in [2.45, 2.75) is 20.3 Å². The Balaban J connectivity index is 1.57. The predicted molar refractivity (Wildman–Crippen MR) is 107 cm³/mol. The number of anilines is 3. The van der Waals surface area contributed by atoms with Gasteiger partial charge >= 0.3 is 0 Å². The molecule has 0 saturated carbocycles. The highest BCUT2D eigenvalue weighted by molar-refractivity contribution is 5.94. The Morgan fingerprint density at radius 2 is 1.73 bits per heavy atom. The zero-order chi connectivity index (χ0) is 18.4. The van der Waals surface area contributed by atoms with Crippen molar-refractivity contribution in [2.24, 2.45) is 0 Å². The number of para-hydroxylation sites is 3. The molecule has 1 aliphatic rings. The minimum absolute atomic E-state index is 0.0180. The summed E-state index contributed by atoms with van der Waals surface area (Å²) in [6.07, 6.45) is 0.422. The van der Waals surface area contributed by atoms with E-state index < -0.39 is 0 Å². The molecule has 5 nitrogen and oxygen atoms in total. The molecule has 138 valence electrons. The molecule has 2 N–H and O–H groups in total. The maximum atomic E-state index is 12.4. The van der Waals surface area contributed by atoms with Crippen LogP contribution in [0.5, 0.6) is 0 Å². The van der Waals surface area contributed by atoms with Crippen molar-refractivity contribution < 1.29 is 9.53 Å². The molecular weight excluding hydrogens is 326 g/mol. The van der Waals surface area contributed by atoms with E-state index in [2.05, 4.69) is 47.6 Å². The van der Waals surface area contributed by atoms with E-state index in [-0.39, 0.29) is 5.91 Å². The van der Waals surface area contributed by atoms with Crippen LogP contribution in [-0.2, 0) is 9.53 Å². The summed E-state index contributed by atoms with van der Waals surface area (Å²) in [6.45, 7) is 7.91. The van der Waals surface area contributed by atoms with Gasteiger partial charge in [-0.1, -0.05) is 30.3 Å². The molecule has 2 aromatic carbocycles. The molecule has 0 aliphatic carbocycles. The number of aryl methyl sites for hydroxylation is 2.